The van der Waals surface area contributed by atoms with Gasteiger partial charge in [-0.05, 0) is 19.1 Å². The van der Waals surface area contributed by atoms with Gasteiger partial charge in [0.05, 0.1) is 12.0 Å². The monoisotopic (exact) mass is 179 g/mol. The molecule has 0 unspecified atom stereocenters. The molecule has 0 saturated carbocycles. The van der Waals surface area contributed by atoms with E-state index in [0.717, 1.165) is 0 Å². The Kier molecular flexibility index (Phi) is 1.81. The molecule has 0 bridgehead atoms. The van der Waals surface area contributed by atoms with Crippen molar-refractivity contribution in [3.05, 3.63) is 28.6 Å². The van der Waals surface area contributed by atoms with Gasteiger partial charge in [0, 0.05) is 6.07 Å². The number of ether oxygens (including phenoxy) is 1. The van der Waals surface area contributed by atoms with E-state index in [0.29, 0.717) is 23.3 Å². The van der Waals surface area contributed by atoms with Gasteiger partial charge in [0.15, 0.2) is 5.58 Å². The molecule has 0 atom stereocenters. The minimum absolute atomic E-state index is 0.210. The zero-order valence-corrected chi connectivity index (χ0v) is 7.16. The van der Waals surface area contributed by atoms with Crippen molar-refractivity contribution >= 4 is 11.0 Å². The molecule has 68 valence electrons. The van der Waals surface area contributed by atoms with Crippen LogP contribution in [-0.4, -0.2) is 11.8 Å². The highest BCUT2D eigenvalue weighted by Gasteiger charge is 2.03. The van der Waals surface area contributed by atoms with Crippen molar-refractivity contribution in [2.24, 2.45) is 0 Å². The molecule has 1 N–H and O–H groups in total. The van der Waals surface area contributed by atoms with Gasteiger partial charge >= 0.3 is 0 Å². The van der Waals surface area contributed by atoms with E-state index in [1.165, 1.54) is 0 Å². The third-order valence-corrected chi connectivity index (χ3v) is 1.76. The van der Waals surface area contributed by atoms with Crippen LogP contribution in [0.15, 0.2) is 27.5 Å². The van der Waals surface area contributed by atoms with Crippen molar-refractivity contribution < 1.29 is 9.26 Å². The lowest BCUT2D eigenvalue weighted by atomic mass is 10.2. The minimum atomic E-state index is -0.210. The van der Waals surface area contributed by atoms with Gasteiger partial charge in [-0.3, -0.25) is 4.79 Å². The number of hydrogen-bond acceptors (Lipinski definition) is 3. The highest BCUT2D eigenvalue weighted by Crippen LogP contribution is 2.17. The Morgan fingerprint density at radius 1 is 1.54 bits per heavy atom. The Labute approximate surface area is 74.1 Å². The Balaban J connectivity index is 2.57. The number of rotatable bonds is 2. The highest BCUT2D eigenvalue weighted by atomic mass is 16.5. The van der Waals surface area contributed by atoms with Gasteiger partial charge in [0.2, 0.25) is 0 Å². The molecule has 0 aliphatic carbocycles. The Bertz CT molecular complexity index is 469. The SMILES string of the molecule is CCOc1ccc2c(=O)[nH]oc2c1. The van der Waals surface area contributed by atoms with Crippen molar-refractivity contribution in [3.8, 4) is 5.75 Å². The average Bonchev–Trinajstić information content (AvgIpc) is 2.48. The van der Waals surface area contributed by atoms with E-state index in [1.807, 2.05) is 6.92 Å². The molecule has 4 heteroatoms. The van der Waals surface area contributed by atoms with E-state index in [-0.39, 0.29) is 5.56 Å². The lowest BCUT2D eigenvalue weighted by Crippen LogP contribution is -1.96. The lowest BCUT2D eigenvalue weighted by Gasteiger charge is -1.99. The van der Waals surface area contributed by atoms with Gasteiger partial charge in [0.1, 0.15) is 5.75 Å². The molecule has 4 nitrogen and oxygen atoms in total. The fourth-order valence-electron chi connectivity index (χ4n) is 1.19. The van der Waals surface area contributed by atoms with E-state index in [2.05, 4.69) is 5.16 Å². The third kappa shape index (κ3) is 1.30. The number of H-pyrrole nitrogens is 1. The van der Waals surface area contributed by atoms with E-state index in [9.17, 15) is 4.79 Å². The maximum atomic E-state index is 11.1. The van der Waals surface area contributed by atoms with Crippen molar-refractivity contribution in [2.75, 3.05) is 6.61 Å². The molecule has 2 rings (SSSR count). The Morgan fingerprint density at radius 2 is 2.38 bits per heavy atom. The van der Waals surface area contributed by atoms with Crippen LogP contribution >= 0.6 is 0 Å². The molecule has 0 aliphatic rings. The average molecular weight is 179 g/mol. The van der Waals surface area contributed by atoms with Crippen LogP contribution in [0.1, 0.15) is 6.92 Å². The Morgan fingerprint density at radius 3 is 3.15 bits per heavy atom. The summed E-state index contributed by atoms with van der Waals surface area (Å²) in [6, 6.07) is 5.12. The topological polar surface area (TPSA) is 55.2 Å². The number of aromatic nitrogens is 1. The molecular weight excluding hydrogens is 170 g/mol. The molecule has 0 spiro atoms. The number of hydrogen-bond donors (Lipinski definition) is 1. The second-order valence-corrected chi connectivity index (χ2v) is 2.62. The van der Waals surface area contributed by atoms with Gasteiger partial charge in [0.25, 0.3) is 5.56 Å². The number of nitrogens with one attached hydrogen (secondary N) is 1. The smallest absolute Gasteiger partial charge is 0.287 e. The first-order valence-corrected chi connectivity index (χ1v) is 4.05. The predicted molar refractivity (Wildman–Crippen MR) is 48.0 cm³/mol. The van der Waals surface area contributed by atoms with Crippen molar-refractivity contribution in [1.29, 1.82) is 0 Å². The van der Waals surface area contributed by atoms with Crippen LogP contribution in [0.4, 0.5) is 0 Å². The summed E-state index contributed by atoms with van der Waals surface area (Å²) in [4.78, 5) is 11.1. The summed E-state index contributed by atoms with van der Waals surface area (Å²) in [6.45, 7) is 2.50. The lowest BCUT2D eigenvalue weighted by molar-refractivity contribution is 0.339. The van der Waals surface area contributed by atoms with Gasteiger partial charge in [-0.2, -0.15) is 5.16 Å². The molecule has 1 aromatic carbocycles. The van der Waals surface area contributed by atoms with Crippen LogP contribution in [0.25, 0.3) is 11.0 Å². The summed E-state index contributed by atoms with van der Waals surface area (Å²) in [5.74, 6) is 0.706. The van der Waals surface area contributed by atoms with Gasteiger partial charge in [-0.25, -0.2) is 0 Å². The summed E-state index contributed by atoms with van der Waals surface area (Å²) in [6.07, 6.45) is 0. The molecule has 0 saturated heterocycles. The Hall–Kier alpha value is -1.71. The summed E-state index contributed by atoms with van der Waals surface area (Å²) in [7, 11) is 0. The van der Waals surface area contributed by atoms with Crippen LogP contribution in [0.5, 0.6) is 5.75 Å². The van der Waals surface area contributed by atoms with Crippen molar-refractivity contribution in [3.63, 3.8) is 0 Å². The molecule has 1 heterocycles. The molecule has 0 radical (unpaired) electrons. The van der Waals surface area contributed by atoms with Crippen LogP contribution in [0.3, 0.4) is 0 Å². The second-order valence-electron chi connectivity index (χ2n) is 2.62. The maximum absolute atomic E-state index is 11.1. The fraction of sp³-hybridized carbons (Fsp3) is 0.222. The van der Waals surface area contributed by atoms with E-state index in [4.69, 9.17) is 9.26 Å². The largest absolute Gasteiger partial charge is 0.494 e. The molecule has 13 heavy (non-hydrogen) atoms. The molecular formula is C9H9NO3. The first-order valence-electron chi connectivity index (χ1n) is 4.05. The van der Waals surface area contributed by atoms with Crippen LogP contribution in [0, 0.1) is 0 Å². The molecule has 2 aromatic rings. The number of fused-ring (bicyclic) bond motifs is 1. The summed E-state index contributed by atoms with van der Waals surface area (Å²) in [5, 5.41) is 2.80. The van der Waals surface area contributed by atoms with Crippen LogP contribution < -0.4 is 10.3 Å². The number of benzene rings is 1. The maximum Gasteiger partial charge on any atom is 0.287 e. The summed E-state index contributed by atoms with van der Waals surface area (Å²) >= 11 is 0. The molecule has 0 fully saturated rings. The summed E-state index contributed by atoms with van der Waals surface area (Å²) < 4.78 is 10.2. The van der Waals surface area contributed by atoms with Gasteiger partial charge in [-0.15, -0.1) is 0 Å². The van der Waals surface area contributed by atoms with Crippen molar-refractivity contribution in [1.82, 2.24) is 5.16 Å². The van der Waals surface area contributed by atoms with Crippen molar-refractivity contribution in [2.45, 2.75) is 6.92 Å². The molecule has 1 aromatic heterocycles. The molecule has 0 amide bonds. The first-order chi connectivity index (χ1) is 6.31. The standard InChI is InChI=1S/C9H9NO3/c1-2-12-6-3-4-7-8(5-6)13-10-9(7)11/h3-5H,2H2,1H3,(H,10,11). The number of aromatic amines is 1. The summed E-state index contributed by atoms with van der Waals surface area (Å²) in [5.41, 5.74) is 0.314. The van der Waals surface area contributed by atoms with E-state index < -0.39 is 0 Å². The van der Waals surface area contributed by atoms with Gasteiger partial charge in [-0.1, -0.05) is 0 Å². The van der Waals surface area contributed by atoms with E-state index in [1.54, 1.807) is 18.2 Å². The highest BCUT2D eigenvalue weighted by molar-refractivity contribution is 5.77. The van der Waals surface area contributed by atoms with Crippen LogP contribution in [-0.2, 0) is 0 Å². The first kappa shape index (κ1) is 7.91. The predicted octanol–water partition coefficient (Wildman–Crippen LogP) is 1.52. The van der Waals surface area contributed by atoms with Crippen LogP contribution in [0.2, 0.25) is 0 Å². The second kappa shape index (κ2) is 2.97. The zero-order valence-electron chi connectivity index (χ0n) is 7.16. The minimum Gasteiger partial charge on any atom is -0.494 e. The quantitative estimate of drug-likeness (QED) is 0.760. The zero-order chi connectivity index (χ0) is 9.26. The molecule has 0 aliphatic heterocycles. The van der Waals surface area contributed by atoms with Gasteiger partial charge < -0.3 is 9.26 Å². The fourth-order valence-corrected chi connectivity index (χ4v) is 1.19. The van der Waals surface area contributed by atoms with E-state index >= 15 is 0 Å². The third-order valence-electron chi connectivity index (χ3n) is 1.76. The normalized spacial score (nSPS) is 10.5.